The van der Waals surface area contributed by atoms with Crippen molar-refractivity contribution in [2.45, 2.75) is 19.4 Å². The van der Waals surface area contributed by atoms with E-state index in [4.69, 9.17) is 11.3 Å². The van der Waals surface area contributed by atoms with Crippen LogP contribution in [0, 0.1) is 18.3 Å². The highest BCUT2D eigenvalue weighted by atomic mass is 32.1. The molecule has 9 heteroatoms. The molecule has 1 amide bonds. The number of benzene rings is 1. The number of cyclic esters (lactones) is 1. The Kier molecular flexibility index (Phi) is 5.86. The number of hydrogen-bond acceptors (Lipinski definition) is 6. The lowest BCUT2D eigenvalue weighted by molar-refractivity contribution is 0.147. The molecule has 0 radical (unpaired) electrons. The van der Waals surface area contributed by atoms with Crippen LogP contribution in [0.15, 0.2) is 41.5 Å². The van der Waals surface area contributed by atoms with E-state index in [1.807, 2.05) is 10.3 Å². The first-order chi connectivity index (χ1) is 14.5. The van der Waals surface area contributed by atoms with Gasteiger partial charge in [0.05, 0.1) is 31.0 Å². The molecular formula is C21H22FN5O2S. The summed E-state index contributed by atoms with van der Waals surface area (Å²) in [5.41, 5.74) is 2.11. The first-order valence-electron chi connectivity index (χ1n) is 9.76. The van der Waals surface area contributed by atoms with Crippen LogP contribution in [0.2, 0.25) is 0 Å². The normalized spacial score (nSPS) is 22.8. The fraction of sp³-hybridized carbons (Fsp3) is 0.381. The molecule has 2 aliphatic heterocycles. The molecule has 156 valence electrons. The van der Waals surface area contributed by atoms with Gasteiger partial charge in [-0.3, -0.25) is 4.90 Å². The summed E-state index contributed by atoms with van der Waals surface area (Å²) in [5, 5.41) is 5.77. The zero-order chi connectivity index (χ0) is 21.1. The molecule has 4 rings (SSSR count). The smallest absolute Gasteiger partial charge is 0.414 e. The van der Waals surface area contributed by atoms with E-state index in [0.29, 0.717) is 37.6 Å². The van der Waals surface area contributed by atoms with Crippen molar-refractivity contribution in [3.63, 3.8) is 0 Å². The number of nitrogens with zero attached hydrogens (tertiary/aromatic N) is 4. The summed E-state index contributed by atoms with van der Waals surface area (Å²) in [7, 11) is 0. The van der Waals surface area contributed by atoms with Gasteiger partial charge in [-0.05, 0) is 30.5 Å². The molecule has 0 saturated carbocycles. The first-order valence-corrected chi connectivity index (χ1v) is 10.6. The van der Waals surface area contributed by atoms with Gasteiger partial charge in [0.25, 0.3) is 0 Å². The van der Waals surface area contributed by atoms with E-state index in [1.54, 1.807) is 24.5 Å². The minimum atomic E-state index is -0.478. The molecule has 3 heterocycles. The largest absolute Gasteiger partial charge is 0.442 e. The maximum Gasteiger partial charge on any atom is 0.414 e. The number of hydrogen-bond donors (Lipinski definition) is 1. The third kappa shape index (κ3) is 4.24. The van der Waals surface area contributed by atoms with Crippen LogP contribution in [-0.4, -0.2) is 43.4 Å². The van der Waals surface area contributed by atoms with Gasteiger partial charge in [-0.25, -0.2) is 19.0 Å². The van der Waals surface area contributed by atoms with Gasteiger partial charge in [-0.15, -0.1) is 11.3 Å². The Balaban J connectivity index is 1.41. The number of thiazole rings is 1. The molecule has 1 unspecified atom stereocenters. The number of piperidine rings is 1. The number of nitrogens with one attached hydrogen (secondary N) is 1. The average molecular weight is 428 g/mol. The summed E-state index contributed by atoms with van der Waals surface area (Å²) in [6.07, 6.45) is 3.22. The minimum Gasteiger partial charge on any atom is -0.442 e. The van der Waals surface area contributed by atoms with Crippen LogP contribution in [0.3, 0.4) is 0 Å². The quantitative estimate of drug-likeness (QED) is 0.718. The van der Waals surface area contributed by atoms with Gasteiger partial charge in [-0.2, -0.15) is 0 Å². The first kappa shape index (κ1) is 20.2. The lowest BCUT2D eigenvalue weighted by Gasteiger charge is -2.35. The van der Waals surface area contributed by atoms with Crippen LogP contribution in [0.5, 0.6) is 0 Å². The number of anilines is 3. The van der Waals surface area contributed by atoms with Crippen molar-refractivity contribution in [3.05, 3.63) is 58.8 Å². The van der Waals surface area contributed by atoms with E-state index < -0.39 is 6.09 Å². The predicted octanol–water partition coefficient (Wildman–Crippen LogP) is 4.37. The van der Waals surface area contributed by atoms with Crippen LogP contribution in [0.4, 0.5) is 25.7 Å². The number of rotatable bonds is 5. The molecule has 7 nitrogen and oxygen atoms in total. The molecule has 0 aliphatic carbocycles. The zero-order valence-electron chi connectivity index (χ0n) is 16.5. The summed E-state index contributed by atoms with van der Waals surface area (Å²) < 4.78 is 20.3. The molecule has 2 aliphatic rings. The predicted molar refractivity (Wildman–Crippen MR) is 115 cm³/mol. The molecule has 1 N–H and O–H groups in total. The zero-order valence-corrected chi connectivity index (χ0v) is 17.4. The maximum atomic E-state index is 14.9. The molecular weight excluding hydrogens is 405 g/mol. The van der Waals surface area contributed by atoms with Crippen LogP contribution >= 0.6 is 11.3 Å². The van der Waals surface area contributed by atoms with Crippen LogP contribution in [0.25, 0.3) is 4.85 Å². The van der Waals surface area contributed by atoms with E-state index in [1.165, 1.54) is 22.3 Å². The molecule has 2 saturated heterocycles. The van der Waals surface area contributed by atoms with Gasteiger partial charge in [0.2, 0.25) is 0 Å². The summed E-state index contributed by atoms with van der Waals surface area (Å²) in [6, 6.07) is 4.86. The lowest BCUT2D eigenvalue weighted by atomic mass is 9.93. The van der Waals surface area contributed by atoms with E-state index >= 15 is 0 Å². The van der Waals surface area contributed by atoms with E-state index in [-0.39, 0.29) is 17.8 Å². The summed E-state index contributed by atoms with van der Waals surface area (Å²) in [5.74, 6) is -0.166. The minimum absolute atomic E-state index is 0.201. The Morgan fingerprint density at radius 3 is 3.03 bits per heavy atom. The Morgan fingerprint density at radius 1 is 1.47 bits per heavy atom. The molecule has 0 spiro atoms. The van der Waals surface area contributed by atoms with Gasteiger partial charge in [0, 0.05) is 24.7 Å². The summed E-state index contributed by atoms with van der Waals surface area (Å²) >= 11 is 1.48. The Hall–Kier alpha value is -3.12. The van der Waals surface area contributed by atoms with Gasteiger partial charge >= 0.3 is 6.09 Å². The van der Waals surface area contributed by atoms with Crippen molar-refractivity contribution in [3.8, 4) is 0 Å². The van der Waals surface area contributed by atoms with Crippen LogP contribution in [-0.2, 0) is 4.74 Å². The van der Waals surface area contributed by atoms with Crippen molar-refractivity contribution >= 4 is 33.9 Å². The van der Waals surface area contributed by atoms with E-state index in [9.17, 15) is 9.18 Å². The Morgan fingerprint density at radius 2 is 2.33 bits per heavy atom. The monoisotopic (exact) mass is 427 g/mol. The third-order valence-corrected chi connectivity index (χ3v) is 6.13. The molecule has 2 fully saturated rings. The summed E-state index contributed by atoms with van der Waals surface area (Å²) in [4.78, 5) is 23.2. The third-order valence-electron chi connectivity index (χ3n) is 5.40. The molecule has 30 heavy (non-hydrogen) atoms. The second-order valence-corrected chi connectivity index (χ2v) is 8.29. The standard InChI is InChI=1S/C21H22FN5O2S/c1-14-12-26(7-5-15(14)10-23-2)19-4-3-16(9-18(19)22)27-13-17(29-21(27)28)11-25-20-24-6-8-30-20/h3-4,6,8-10,14,17H,5,7,11-13H2,1H3,(H,24,25)/b15-10+/t14?,17-/m0/s1. The highest BCUT2D eigenvalue weighted by Crippen LogP contribution is 2.32. The highest BCUT2D eigenvalue weighted by molar-refractivity contribution is 7.13. The molecule has 0 bridgehead atoms. The molecule has 1 aromatic heterocycles. The number of amides is 1. The highest BCUT2D eigenvalue weighted by Gasteiger charge is 2.33. The second-order valence-electron chi connectivity index (χ2n) is 7.40. The number of ether oxygens (including phenoxy) is 1. The van der Waals surface area contributed by atoms with Crippen molar-refractivity contribution in [1.29, 1.82) is 0 Å². The van der Waals surface area contributed by atoms with Crippen LogP contribution < -0.4 is 15.1 Å². The number of halogens is 1. The fourth-order valence-corrected chi connectivity index (χ4v) is 4.35. The average Bonchev–Trinajstić information content (AvgIpc) is 3.37. The topological polar surface area (TPSA) is 62.1 Å². The number of carbonyl (C=O) groups excluding carboxylic acids is 1. The van der Waals surface area contributed by atoms with Crippen molar-refractivity contribution < 1.29 is 13.9 Å². The van der Waals surface area contributed by atoms with Gasteiger partial charge < -0.3 is 15.0 Å². The Labute approximate surface area is 178 Å². The molecule has 2 aromatic rings. The Bertz CT molecular complexity index is 988. The van der Waals surface area contributed by atoms with E-state index in [2.05, 4.69) is 22.1 Å². The van der Waals surface area contributed by atoms with Crippen LogP contribution in [0.1, 0.15) is 13.3 Å². The molecule has 1 aromatic carbocycles. The number of aromatic nitrogens is 1. The van der Waals surface area contributed by atoms with E-state index in [0.717, 1.165) is 17.1 Å². The second kappa shape index (κ2) is 8.71. The SMILES string of the molecule is [C-]#[N+]/C=C1\CCN(c2ccc(N3C[C@H](CNc4nccs4)OC3=O)cc2F)CC1C. The van der Waals surface area contributed by atoms with Crippen molar-refractivity contribution in [2.24, 2.45) is 5.92 Å². The van der Waals surface area contributed by atoms with Gasteiger partial charge in [-0.1, -0.05) is 12.5 Å². The van der Waals surface area contributed by atoms with Gasteiger partial charge in [0.15, 0.2) is 11.3 Å². The lowest BCUT2D eigenvalue weighted by Crippen LogP contribution is -2.36. The van der Waals surface area contributed by atoms with Gasteiger partial charge in [0.1, 0.15) is 11.9 Å². The fourth-order valence-electron chi connectivity index (χ4n) is 3.81. The molecule has 2 atom stereocenters. The van der Waals surface area contributed by atoms with Crippen molar-refractivity contribution in [2.75, 3.05) is 41.3 Å². The summed E-state index contributed by atoms with van der Waals surface area (Å²) in [6.45, 7) is 11.2. The number of carbonyl (C=O) groups is 1. The van der Waals surface area contributed by atoms with Crippen molar-refractivity contribution in [1.82, 2.24) is 4.98 Å². The maximum absolute atomic E-state index is 14.9.